The fourth-order valence-electron chi connectivity index (χ4n) is 4.49. The van der Waals surface area contributed by atoms with E-state index in [1.54, 1.807) is 18.4 Å². The van der Waals surface area contributed by atoms with E-state index in [9.17, 15) is 8.42 Å². The number of anilines is 1. The summed E-state index contributed by atoms with van der Waals surface area (Å²) in [6.07, 6.45) is 6.58. The predicted octanol–water partition coefficient (Wildman–Crippen LogP) is 4.80. The average molecular weight is 486 g/mol. The smallest absolute Gasteiger partial charge is 0.265 e. The summed E-state index contributed by atoms with van der Waals surface area (Å²) in [4.78, 5) is 2.23. The minimum absolute atomic E-state index is 0.103. The highest BCUT2D eigenvalue weighted by molar-refractivity contribution is 7.85. The standard InChI is InChI=1S/C25H28N2O4S2/c1-25(2)19-9-5-6-10-20(19)26(3)23(25)11-7-12-24-27(15-8-16-33(28,29)30)21-17-18(31-4)13-14-22(21)32-24/h5-7,9-14,17H,8,15-16H2,1-4H3/p+1. The number of rotatable bonds is 7. The van der Waals surface area contributed by atoms with Gasteiger partial charge in [-0.25, -0.2) is 0 Å². The highest BCUT2D eigenvalue weighted by atomic mass is 32.2. The molecule has 2 aromatic carbocycles. The number of aromatic nitrogens is 1. The van der Waals surface area contributed by atoms with Gasteiger partial charge in [0.1, 0.15) is 10.4 Å². The quantitative estimate of drug-likeness (QED) is 0.385. The van der Waals surface area contributed by atoms with Crippen molar-refractivity contribution in [1.82, 2.24) is 0 Å². The lowest BCUT2D eigenvalue weighted by Gasteiger charge is -2.23. The average Bonchev–Trinajstić information content (AvgIpc) is 3.20. The van der Waals surface area contributed by atoms with Gasteiger partial charge < -0.3 is 9.64 Å². The predicted molar refractivity (Wildman–Crippen MR) is 135 cm³/mol. The second kappa shape index (κ2) is 8.93. The van der Waals surface area contributed by atoms with Crippen LogP contribution in [0.4, 0.5) is 5.69 Å². The first kappa shape index (κ1) is 23.5. The molecule has 0 bridgehead atoms. The maximum Gasteiger partial charge on any atom is 0.265 e. The summed E-state index contributed by atoms with van der Waals surface area (Å²) in [5, 5.41) is 1.00. The molecule has 174 valence electrons. The van der Waals surface area contributed by atoms with Crippen LogP contribution in [0.25, 0.3) is 16.3 Å². The highest BCUT2D eigenvalue weighted by Gasteiger charge is 2.37. The molecule has 0 amide bonds. The van der Waals surface area contributed by atoms with E-state index in [2.05, 4.69) is 72.9 Å². The van der Waals surface area contributed by atoms with Gasteiger partial charge in [-0.15, -0.1) is 0 Å². The molecule has 1 aliphatic rings. The van der Waals surface area contributed by atoms with Crippen molar-refractivity contribution in [3.63, 3.8) is 0 Å². The van der Waals surface area contributed by atoms with Gasteiger partial charge in [-0.3, -0.25) is 4.55 Å². The molecule has 6 nitrogen and oxygen atoms in total. The Morgan fingerprint density at radius 3 is 2.67 bits per heavy atom. The minimum atomic E-state index is -4.00. The first-order valence-corrected chi connectivity index (χ1v) is 13.2. The number of para-hydroxylation sites is 1. The molecule has 3 aromatic rings. The van der Waals surface area contributed by atoms with Gasteiger partial charge in [0.2, 0.25) is 5.52 Å². The number of ether oxygens (including phenoxy) is 1. The lowest BCUT2D eigenvalue weighted by molar-refractivity contribution is -0.668. The van der Waals surface area contributed by atoms with Gasteiger partial charge in [0.05, 0.1) is 18.9 Å². The monoisotopic (exact) mass is 485 g/mol. The van der Waals surface area contributed by atoms with Crippen LogP contribution >= 0.6 is 11.3 Å². The van der Waals surface area contributed by atoms with Gasteiger partial charge in [0, 0.05) is 36.3 Å². The van der Waals surface area contributed by atoms with Crippen LogP contribution in [0, 0.1) is 0 Å². The summed E-state index contributed by atoms with van der Waals surface area (Å²) < 4.78 is 40.1. The molecule has 2 heterocycles. The number of methoxy groups -OCH3 is 1. The highest BCUT2D eigenvalue weighted by Crippen LogP contribution is 2.46. The number of hydrogen-bond acceptors (Lipinski definition) is 5. The molecule has 8 heteroatoms. The molecule has 0 fully saturated rings. The van der Waals surface area contributed by atoms with Gasteiger partial charge in [0.25, 0.3) is 15.1 Å². The molecule has 4 rings (SSSR count). The Morgan fingerprint density at radius 2 is 1.97 bits per heavy atom. The molecular formula is C25H29N2O4S2+. The number of benzene rings is 2. The molecule has 0 saturated carbocycles. The van der Waals surface area contributed by atoms with Crippen molar-refractivity contribution in [2.45, 2.75) is 32.2 Å². The first-order valence-electron chi connectivity index (χ1n) is 10.8. The molecule has 0 aliphatic carbocycles. The van der Waals surface area contributed by atoms with Crippen LogP contribution in [0.2, 0.25) is 0 Å². The topological polar surface area (TPSA) is 70.7 Å². The van der Waals surface area contributed by atoms with E-state index in [1.165, 1.54) is 16.9 Å². The SMILES string of the molecule is COc1ccc2sc(C=CC=C3N(C)c4ccccc4C3(C)C)[n+](CCCS(=O)(=O)O)c2c1. The fourth-order valence-corrected chi connectivity index (χ4v) is 6.07. The van der Waals surface area contributed by atoms with E-state index in [4.69, 9.17) is 9.29 Å². The Balaban J connectivity index is 1.68. The maximum atomic E-state index is 11.2. The summed E-state index contributed by atoms with van der Waals surface area (Å²) in [5.74, 6) is 0.472. The van der Waals surface area contributed by atoms with Crippen LogP contribution < -0.4 is 14.2 Å². The molecule has 0 radical (unpaired) electrons. The number of likely N-dealkylation sites (N-methyl/N-ethyl adjacent to an activating group) is 1. The fraction of sp³-hybridized carbons (Fsp3) is 0.320. The van der Waals surface area contributed by atoms with Crippen LogP contribution in [0.3, 0.4) is 0 Å². The van der Waals surface area contributed by atoms with Crippen molar-refractivity contribution >= 4 is 43.4 Å². The molecule has 1 aromatic heterocycles. The summed E-state index contributed by atoms with van der Waals surface area (Å²) in [5.41, 5.74) is 4.61. The Kier molecular flexibility index (Phi) is 6.35. The molecule has 0 saturated heterocycles. The van der Waals surface area contributed by atoms with E-state index in [0.29, 0.717) is 13.0 Å². The van der Waals surface area contributed by atoms with Gasteiger partial charge in [0.15, 0.2) is 6.54 Å². The lowest BCUT2D eigenvalue weighted by Crippen LogP contribution is -2.36. The third-order valence-electron chi connectivity index (χ3n) is 6.15. The van der Waals surface area contributed by atoms with Crippen LogP contribution in [-0.4, -0.2) is 32.9 Å². The molecule has 33 heavy (non-hydrogen) atoms. The second-order valence-electron chi connectivity index (χ2n) is 8.68. The number of allylic oxidation sites excluding steroid dienone is 3. The van der Waals surface area contributed by atoms with E-state index in [0.717, 1.165) is 21.0 Å². The normalized spacial score (nSPS) is 16.8. The van der Waals surface area contributed by atoms with Gasteiger partial charge in [-0.2, -0.15) is 13.0 Å². The summed E-state index contributed by atoms with van der Waals surface area (Å²) in [6, 6.07) is 14.4. The minimum Gasteiger partial charge on any atom is -0.497 e. The van der Waals surface area contributed by atoms with Gasteiger partial charge in [-0.1, -0.05) is 49.5 Å². The molecule has 0 atom stereocenters. The van der Waals surface area contributed by atoms with E-state index in [1.807, 2.05) is 18.2 Å². The van der Waals surface area contributed by atoms with E-state index in [-0.39, 0.29) is 11.2 Å². The van der Waals surface area contributed by atoms with Crippen molar-refractivity contribution in [3.05, 3.63) is 70.9 Å². The number of aryl methyl sites for hydroxylation is 1. The third-order valence-corrected chi connectivity index (χ3v) is 8.09. The second-order valence-corrected chi connectivity index (χ2v) is 11.3. The molecule has 1 aliphatic heterocycles. The Labute approximate surface area is 199 Å². The number of nitrogens with zero attached hydrogens (tertiary/aromatic N) is 2. The van der Waals surface area contributed by atoms with Crippen molar-refractivity contribution in [1.29, 1.82) is 0 Å². The van der Waals surface area contributed by atoms with Crippen molar-refractivity contribution < 1.29 is 22.3 Å². The van der Waals surface area contributed by atoms with Crippen LogP contribution in [-0.2, 0) is 22.1 Å². The summed E-state index contributed by atoms with van der Waals surface area (Å²) >= 11 is 1.64. The maximum absolute atomic E-state index is 11.2. The van der Waals surface area contributed by atoms with Crippen LogP contribution in [0.15, 0.2) is 60.3 Å². The Bertz CT molecular complexity index is 1350. The molecular weight excluding hydrogens is 456 g/mol. The van der Waals surface area contributed by atoms with Crippen molar-refractivity contribution in [2.75, 3.05) is 24.8 Å². The lowest BCUT2D eigenvalue weighted by atomic mass is 9.84. The summed E-state index contributed by atoms with van der Waals surface area (Å²) in [7, 11) is -0.279. The Hall–Kier alpha value is -2.68. The number of fused-ring (bicyclic) bond motifs is 2. The van der Waals surface area contributed by atoms with Crippen molar-refractivity contribution in [3.8, 4) is 5.75 Å². The Morgan fingerprint density at radius 1 is 1.21 bits per heavy atom. The molecule has 1 N–H and O–H groups in total. The number of thiazole rings is 1. The summed E-state index contributed by atoms with van der Waals surface area (Å²) in [6.45, 7) is 4.94. The molecule has 0 spiro atoms. The zero-order valence-electron chi connectivity index (χ0n) is 19.3. The van der Waals surface area contributed by atoms with Crippen LogP contribution in [0.1, 0.15) is 30.8 Å². The molecule has 0 unspecified atom stereocenters. The van der Waals surface area contributed by atoms with E-state index >= 15 is 0 Å². The van der Waals surface area contributed by atoms with E-state index < -0.39 is 10.1 Å². The third kappa shape index (κ3) is 4.69. The largest absolute Gasteiger partial charge is 0.497 e. The first-order chi connectivity index (χ1) is 15.6. The zero-order valence-corrected chi connectivity index (χ0v) is 20.9. The van der Waals surface area contributed by atoms with Gasteiger partial charge in [-0.05, 0) is 29.8 Å². The van der Waals surface area contributed by atoms with Gasteiger partial charge >= 0.3 is 0 Å². The number of hydrogen-bond donors (Lipinski definition) is 1. The zero-order chi connectivity index (χ0) is 23.8. The van der Waals surface area contributed by atoms with Crippen molar-refractivity contribution in [2.24, 2.45) is 0 Å². The van der Waals surface area contributed by atoms with Crippen LogP contribution in [0.5, 0.6) is 5.75 Å².